The topological polar surface area (TPSA) is 40.1 Å². The molecule has 0 aromatic heterocycles. The monoisotopic (exact) mass is 339 g/mol. The van der Waals surface area contributed by atoms with Gasteiger partial charge < -0.3 is 9.90 Å². The molecule has 0 aromatic carbocycles. The summed E-state index contributed by atoms with van der Waals surface area (Å²) in [7, 11) is 0. The smallest absolute Gasteiger partial charge is 0.0473 e. The van der Waals surface area contributed by atoms with Crippen LogP contribution >= 0.6 is 0 Å². The molecule has 1 unspecified atom stereocenters. The average molecular weight is 340 g/mol. The summed E-state index contributed by atoms with van der Waals surface area (Å²) in [4.78, 5) is 11.5. The van der Waals surface area contributed by atoms with Crippen molar-refractivity contribution in [2.75, 3.05) is 0 Å². The van der Waals surface area contributed by atoms with E-state index in [1.807, 2.05) is 6.92 Å². The lowest BCUT2D eigenvalue weighted by Crippen LogP contribution is -2.40. The molecular weight excluding hydrogens is 296 g/mol. The maximum absolute atomic E-state index is 11.5. The van der Waals surface area contributed by atoms with Gasteiger partial charge in [-0.15, -0.1) is 0 Å². The first kappa shape index (κ1) is 23.5. The van der Waals surface area contributed by atoms with Gasteiger partial charge in [0.2, 0.25) is 0 Å². The first-order valence-corrected chi connectivity index (χ1v) is 10.8. The van der Waals surface area contributed by atoms with Crippen molar-refractivity contribution in [1.29, 1.82) is 0 Å². The predicted molar refractivity (Wildman–Crippen MR) is 103 cm³/mol. The van der Waals surface area contributed by atoms with Gasteiger partial charge >= 0.3 is 0 Å². The molecule has 2 heteroatoms. The summed E-state index contributed by atoms with van der Waals surface area (Å²) in [6.45, 7) is 6.34. The van der Waals surface area contributed by atoms with Crippen LogP contribution in [0.4, 0.5) is 0 Å². The van der Waals surface area contributed by atoms with E-state index in [-0.39, 0.29) is 0 Å². The van der Waals surface area contributed by atoms with Gasteiger partial charge in [0.05, 0.1) is 0 Å². The summed E-state index contributed by atoms with van der Waals surface area (Å²) in [5.74, 6) is -0.842. The van der Waals surface area contributed by atoms with Gasteiger partial charge in [-0.1, -0.05) is 117 Å². The Kier molecular flexibility index (Phi) is 15.6. The summed E-state index contributed by atoms with van der Waals surface area (Å²) in [5, 5.41) is 11.5. The van der Waals surface area contributed by atoms with Crippen LogP contribution in [0.15, 0.2) is 0 Å². The number of hydrogen-bond acceptors (Lipinski definition) is 2. The minimum absolute atomic E-state index is 0.604. The van der Waals surface area contributed by atoms with Gasteiger partial charge in [0, 0.05) is 11.4 Å². The Morgan fingerprint density at radius 2 is 0.917 bits per heavy atom. The van der Waals surface area contributed by atoms with Gasteiger partial charge in [-0.05, 0) is 12.8 Å². The maximum Gasteiger partial charge on any atom is 0.0473 e. The molecule has 0 aliphatic heterocycles. The van der Waals surface area contributed by atoms with E-state index < -0.39 is 11.4 Å². The van der Waals surface area contributed by atoms with Crippen LogP contribution in [0.1, 0.15) is 130 Å². The second-order valence-electron chi connectivity index (χ2n) is 7.94. The Labute approximate surface area is 151 Å². The van der Waals surface area contributed by atoms with Crippen molar-refractivity contribution in [3.8, 4) is 0 Å². The second-order valence-corrected chi connectivity index (χ2v) is 7.94. The quantitative estimate of drug-likeness (QED) is 0.270. The zero-order valence-corrected chi connectivity index (χ0v) is 16.8. The van der Waals surface area contributed by atoms with Gasteiger partial charge in [-0.3, -0.25) is 0 Å². The fourth-order valence-electron chi connectivity index (χ4n) is 3.45. The lowest BCUT2D eigenvalue weighted by molar-refractivity contribution is -0.319. The predicted octanol–water partition coefficient (Wildman–Crippen LogP) is 6.41. The number of rotatable bonds is 18. The third-order valence-corrected chi connectivity index (χ3v) is 5.41. The highest BCUT2D eigenvalue weighted by molar-refractivity contribution is 5.71. The Balaban J connectivity index is 3.61. The van der Waals surface area contributed by atoms with Gasteiger partial charge in [0.1, 0.15) is 0 Å². The summed E-state index contributed by atoms with van der Waals surface area (Å²) in [6, 6.07) is 0. The van der Waals surface area contributed by atoms with E-state index in [0.717, 1.165) is 32.1 Å². The zero-order valence-electron chi connectivity index (χ0n) is 16.8. The van der Waals surface area contributed by atoms with Crippen molar-refractivity contribution < 1.29 is 9.90 Å². The molecule has 0 radical (unpaired) electrons. The van der Waals surface area contributed by atoms with Gasteiger partial charge in [-0.25, -0.2) is 0 Å². The zero-order chi connectivity index (χ0) is 18.1. The standard InChI is InChI=1S/C22H44O2/c1-4-6-8-10-11-12-13-14-15-16-18-20-22(3,21(23)24)19-17-9-7-5-2/h4-20H2,1-3H3,(H,23,24)/p-1. The minimum atomic E-state index is -0.842. The van der Waals surface area contributed by atoms with Crippen molar-refractivity contribution in [3.63, 3.8) is 0 Å². The first-order chi connectivity index (χ1) is 11.6. The summed E-state index contributed by atoms with van der Waals surface area (Å²) < 4.78 is 0. The lowest BCUT2D eigenvalue weighted by atomic mass is 9.80. The molecule has 0 spiro atoms. The number of carbonyl (C=O) groups is 1. The highest BCUT2D eigenvalue weighted by Crippen LogP contribution is 2.31. The second kappa shape index (κ2) is 16.0. The van der Waals surface area contributed by atoms with Crippen LogP contribution < -0.4 is 5.11 Å². The molecule has 0 aliphatic carbocycles. The fourth-order valence-corrected chi connectivity index (χ4v) is 3.45. The van der Waals surface area contributed by atoms with Crippen molar-refractivity contribution in [3.05, 3.63) is 0 Å². The molecule has 24 heavy (non-hydrogen) atoms. The van der Waals surface area contributed by atoms with E-state index >= 15 is 0 Å². The van der Waals surface area contributed by atoms with Crippen molar-refractivity contribution in [2.45, 2.75) is 130 Å². The molecule has 144 valence electrons. The molecular formula is C22H43O2-. The number of unbranched alkanes of at least 4 members (excludes halogenated alkanes) is 13. The Morgan fingerprint density at radius 1 is 0.625 bits per heavy atom. The number of hydrogen-bond donors (Lipinski definition) is 0. The SMILES string of the molecule is CCCCCCCCCCCCCC(C)(CCCCCC)C(=O)[O-]. The van der Waals surface area contributed by atoms with E-state index in [1.54, 1.807) is 0 Å². The van der Waals surface area contributed by atoms with Crippen LogP contribution in [0, 0.1) is 5.41 Å². The molecule has 0 amide bonds. The highest BCUT2D eigenvalue weighted by Gasteiger charge is 2.24. The van der Waals surface area contributed by atoms with Gasteiger partial charge in [0.25, 0.3) is 0 Å². The largest absolute Gasteiger partial charge is 0.550 e. The van der Waals surface area contributed by atoms with Crippen LogP contribution in [-0.4, -0.2) is 5.97 Å². The third-order valence-electron chi connectivity index (χ3n) is 5.41. The summed E-state index contributed by atoms with van der Waals surface area (Å²) >= 11 is 0. The van der Waals surface area contributed by atoms with Crippen molar-refractivity contribution in [1.82, 2.24) is 0 Å². The number of carboxylic acids is 1. The van der Waals surface area contributed by atoms with E-state index in [1.165, 1.54) is 77.0 Å². The Hall–Kier alpha value is -0.530. The molecule has 0 N–H and O–H groups in total. The van der Waals surface area contributed by atoms with E-state index in [4.69, 9.17) is 0 Å². The highest BCUT2D eigenvalue weighted by atomic mass is 16.4. The van der Waals surface area contributed by atoms with E-state index in [2.05, 4.69) is 13.8 Å². The molecule has 0 heterocycles. The Bertz CT molecular complexity index is 288. The normalized spacial score (nSPS) is 13.8. The molecule has 0 rings (SSSR count). The lowest BCUT2D eigenvalue weighted by Gasteiger charge is -2.31. The molecule has 0 aromatic rings. The van der Waals surface area contributed by atoms with Crippen LogP contribution in [-0.2, 0) is 4.79 Å². The average Bonchev–Trinajstić information content (AvgIpc) is 2.56. The van der Waals surface area contributed by atoms with Crippen LogP contribution in [0.25, 0.3) is 0 Å². The summed E-state index contributed by atoms with van der Waals surface area (Å²) in [5.41, 5.74) is -0.604. The molecule has 0 fully saturated rings. The Morgan fingerprint density at radius 3 is 1.25 bits per heavy atom. The van der Waals surface area contributed by atoms with Crippen molar-refractivity contribution >= 4 is 5.97 Å². The van der Waals surface area contributed by atoms with Crippen LogP contribution in [0.2, 0.25) is 0 Å². The fraction of sp³-hybridized carbons (Fsp3) is 0.955. The molecule has 1 atom stereocenters. The van der Waals surface area contributed by atoms with Gasteiger partial charge in [-0.2, -0.15) is 0 Å². The van der Waals surface area contributed by atoms with E-state index in [0.29, 0.717) is 0 Å². The van der Waals surface area contributed by atoms with Gasteiger partial charge in [0.15, 0.2) is 0 Å². The number of carboxylic acid groups (broad SMARTS) is 1. The third kappa shape index (κ3) is 12.8. The maximum atomic E-state index is 11.5. The minimum Gasteiger partial charge on any atom is -0.550 e. The van der Waals surface area contributed by atoms with Crippen molar-refractivity contribution in [2.24, 2.45) is 5.41 Å². The number of carbonyl (C=O) groups excluding carboxylic acids is 1. The van der Waals surface area contributed by atoms with E-state index in [9.17, 15) is 9.90 Å². The number of aliphatic carboxylic acids is 1. The van der Waals surface area contributed by atoms with Crippen LogP contribution in [0.5, 0.6) is 0 Å². The molecule has 2 nitrogen and oxygen atoms in total. The molecule has 0 bridgehead atoms. The molecule has 0 aliphatic rings. The molecule has 0 saturated carbocycles. The first-order valence-electron chi connectivity index (χ1n) is 10.8. The summed E-state index contributed by atoms with van der Waals surface area (Å²) in [6.07, 6.45) is 20.6. The van der Waals surface area contributed by atoms with Crippen LogP contribution in [0.3, 0.4) is 0 Å². The molecule has 0 saturated heterocycles.